The van der Waals surface area contributed by atoms with E-state index in [-0.39, 0.29) is 0 Å². The topological polar surface area (TPSA) is 34.5 Å². The zero-order chi connectivity index (χ0) is 38.2. The molecule has 0 spiro atoms. The Morgan fingerprint density at radius 3 is 1.69 bits per heavy atom. The molecule has 4 nitrogen and oxygen atoms in total. The van der Waals surface area contributed by atoms with Crippen LogP contribution in [0.25, 0.3) is 93.6 Å². The molecule has 0 aliphatic heterocycles. The molecule has 272 valence electrons. The van der Waals surface area contributed by atoms with Gasteiger partial charge in [0.15, 0.2) is 0 Å². The third-order valence-corrected chi connectivity index (χ3v) is 11.6. The summed E-state index contributed by atoms with van der Waals surface area (Å²) in [6, 6.07) is 73.2. The summed E-state index contributed by atoms with van der Waals surface area (Å²) in [5.74, 6) is 0. The Labute approximate surface area is 334 Å². The molecule has 0 N–H and O–H groups in total. The monoisotopic (exact) mass is 742 g/mol. The van der Waals surface area contributed by atoms with Gasteiger partial charge in [0.1, 0.15) is 22.3 Å². The van der Waals surface area contributed by atoms with Crippen molar-refractivity contribution in [3.63, 3.8) is 0 Å². The summed E-state index contributed by atoms with van der Waals surface area (Å²) in [6.07, 6.45) is 0. The fourth-order valence-electron chi connectivity index (χ4n) is 9.00. The summed E-state index contributed by atoms with van der Waals surface area (Å²) in [7, 11) is 0. The first-order valence-corrected chi connectivity index (χ1v) is 19.7. The van der Waals surface area contributed by atoms with Crippen molar-refractivity contribution >= 4 is 82.7 Å². The Morgan fingerprint density at radius 1 is 0.345 bits per heavy atom. The summed E-state index contributed by atoms with van der Waals surface area (Å²) in [5, 5.41) is 6.92. The van der Waals surface area contributed by atoms with E-state index >= 15 is 0 Å². The molecule has 0 saturated heterocycles. The van der Waals surface area contributed by atoms with Crippen molar-refractivity contribution in [2.75, 3.05) is 4.90 Å². The van der Waals surface area contributed by atoms with Crippen molar-refractivity contribution in [3.05, 3.63) is 206 Å². The number of rotatable bonds is 6. The predicted molar refractivity (Wildman–Crippen MR) is 241 cm³/mol. The average Bonchev–Trinajstić information content (AvgIpc) is 3.97. The van der Waals surface area contributed by atoms with Gasteiger partial charge in [0.25, 0.3) is 0 Å². The normalized spacial score (nSPS) is 11.8. The van der Waals surface area contributed by atoms with Gasteiger partial charge in [-0.25, -0.2) is 0 Å². The molecule has 0 unspecified atom stereocenters. The van der Waals surface area contributed by atoms with E-state index in [1.54, 1.807) is 0 Å². The van der Waals surface area contributed by atoms with Crippen LogP contribution in [0.5, 0.6) is 0 Å². The van der Waals surface area contributed by atoms with Crippen molar-refractivity contribution in [2.24, 2.45) is 0 Å². The van der Waals surface area contributed by atoms with E-state index in [0.29, 0.717) is 0 Å². The number of fused-ring (bicyclic) bond motifs is 9. The Kier molecular flexibility index (Phi) is 7.20. The van der Waals surface area contributed by atoms with Crippen molar-refractivity contribution in [1.29, 1.82) is 0 Å². The summed E-state index contributed by atoms with van der Waals surface area (Å²) in [4.78, 5) is 2.33. The van der Waals surface area contributed by atoms with Gasteiger partial charge in [-0.05, 0) is 95.6 Å². The van der Waals surface area contributed by atoms with E-state index in [1.165, 1.54) is 21.8 Å². The lowest BCUT2D eigenvalue weighted by Crippen LogP contribution is -2.09. The summed E-state index contributed by atoms with van der Waals surface area (Å²) in [5.41, 5.74) is 14.6. The molecule has 0 aliphatic rings. The van der Waals surface area contributed by atoms with Crippen LogP contribution in [-0.2, 0) is 0 Å². The van der Waals surface area contributed by atoms with Gasteiger partial charge in [-0.2, -0.15) is 0 Å². The van der Waals surface area contributed by atoms with E-state index in [4.69, 9.17) is 8.83 Å². The van der Waals surface area contributed by atoms with Crippen LogP contribution in [0.4, 0.5) is 17.1 Å². The molecule has 58 heavy (non-hydrogen) atoms. The van der Waals surface area contributed by atoms with Gasteiger partial charge >= 0.3 is 0 Å². The first-order valence-electron chi connectivity index (χ1n) is 19.7. The van der Waals surface area contributed by atoms with Crippen molar-refractivity contribution in [1.82, 2.24) is 4.57 Å². The van der Waals surface area contributed by atoms with E-state index in [1.807, 2.05) is 18.2 Å². The SMILES string of the molecule is c1ccc(N(c2ccc(-c3cc(-n4c5ccccc5c5ccccc54)cc4c3oc3ccccc34)cc2)c2cccc(-c3cccc4oc5ccccc5c34)c2)cc1. The molecular weight excluding hydrogens is 709 g/mol. The molecule has 0 saturated carbocycles. The third-order valence-electron chi connectivity index (χ3n) is 11.6. The van der Waals surface area contributed by atoms with E-state index in [0.717, 1.165) is 88.9 Å². The Balaban J connectivity index is 1.02. The van der Waals surface area contributed by atoms with Crippen LogP contribution in [0.3, 0.4) is 0 Å². The standard InChI is InChI=1S/C54H34N2O2/c1-2-15-37(16-3-1)55(39-17-12-14-36(32-39)41-22-13-27-52-53(41)45-21-7-11-26-51(45)57-52)38-30-28-35(29-31-38)46-33-40(34-47-44-20-6-10-25-50(44)58-54(46)47)56-48-23-8-4-18-42(48)43-19-5-9-24-49(43)56/h1-34H. The van der Waals surface area contributed by atoms with Crippen LogP contribution in [-0.4, -0.2) is 4.57 Å². The van der Waals surface area contributed by atoms with Crippen molar-refractivity contribution in [3.8, 4) is 27.9 Å². The third kappa shape index (κ3) is 5.02. The van der Waals surface area contributed by atoms with Crippen LogP contribution in [0.1, 0.15) is 0 Å². The number of benzene rings is 9. The summed E-state index contributed by atoms with van der Waals surface area (Å²) < 4.78 is 15.3. The highest BCUT2D eigenvalue weighted by Gasteiger charge is 2.20. The quantitative estimate of drug-likeness (QED) is 0.170. The van der Waals surface area contributed by atoms with Crippen molar-refractivity contribution in [2.45, 2.75) is 0 Å². The second kappa shape index (κ2) is 12.9. The second-order valence-electron chi connectivity index (χ2n) is 14.9. The number of nitrogens with zero attached hydrogens (tertiary/aromatic N) is 2. The van der Waals surface area contributed by atoms with Crippen LogP contribution < -0.4 is 4.90 Å². The minimum atomic E-state index is 0.879. The van der Waals surface area contributed by atoms with Crippen LogP contribution in [0.2, 0.25) is 0 Å². The van der Waals surface area contributed by atoms with Gasteiger partial charge in [0.2, 0.25) is 0 Å². The zero-order valence-corrected chi connectivity index (χ0v) is 31.3. The lowest BCUT2D eigenvalue weighted by molar-refractivity contribution is 0.669. The average molecular weight is 743 g/mol. The number of aromatic nitrogens is 1. The maximum Gasteiger partial charge on any atom is 0.143 e. The van der Waals surface area contributed by atoms with Gasteiger partial charge < -0.3 is 18.3 Å². The number of furan rings is 2. The van der Waals surface area contributed by atoms with Gasteiger partial charge in [-0.15, -0.1) is 0 Å². The lowest BCUT2D eigenvalue weighted by Gasteiger charge is -2.26. The Hall–Kier alpha value is -7.82. The van der Waals surface area contributed by atoms with Crippen LogP contribution in [0, 0.1) is 0 Å². The zero-order valence-electron chi connectivity index (χ0n) is 31.3. The highest BCUT2D eigenvalue weighted by molar-refractivity contribution is 6.14. The molecule has 3 aromatic heterocycles. The van der Waals surface area contributed by atoms with Crippen molar-refractivity contribution < 1.29 is 8.83 Å². The molecule has 0 radical (unpaired) electrons. The molecule has 12 rings (SSSR count). The smallest absolute Gasteiger partial charge is 0.143 e. The number of anilines is 3. The maximum absolute atomic E-state index is 6.68. The molecule has 9 aromatic carbocycles. The summed E-state index contributed by atoms with van der Waals surface area (Å²) in [6.45, 7) is 0. The largest absolute Gasteiger partial charge is 0.456 e. The minimum Gasteiger partial charge on any atom is -0.456 e. The highest BCUT2D eigenvalue weighted by atomic mass is 16.3. The molecule has 0 aliphatic carbocycles. The van der Waals surface area contributed by atoms with E-state index < -0.39 is 0 Å². The van der Waals surface area contributed by atoms with Crippen LogP contribution >= 0.6 is 0 Å². The second-order valence-corrected chi connectivity index (χ2v) is 14.9. The number of para-hydroxylation sites is 5. The molecule has 0 bridgehead atoms. The molecule has 0 amide bonds. The van der Waals surface area contributed by atoms with Gasteiger partial charge in [0, 0.05) is 60.6 Å². The first kappa shape index (κ1) is 32.4. The maximum atomic E-state index is 6.68. The minimum absolute atomic E-state index is 0.879. The van der Waals surface area contributed by atoms with Gasteiger partial charge in [0.05, 0.1) is 11.0 Å². The Morgan fingerprint density at radius 2 is 0.931 bits per heavy atom. The van der Waals surface area contributed by atoms with Gasteiger partial charge in [-0.1, -0.05) is 127 Å². The fraction of sp³-hybridized carbons (Fsp3) is 0. The molecular formula is C54H34N2O2. The molecule has 0 atom stereocenters. The first-order chi connectivity index (χ1) is 28.8. The molecule has 4 heteroatoms. The lowest BCUT2D eigenvalue weighted by atomic mass is 9.98. The molecule has 3 heterocycles. The number of hydrogen-bond acceptors (Lipinski definition) is 3. The number of hydrogen-bond donors (Lipinski definition) is 0. The Bertz CT molecular complexity index is 3460. The molecule has 0 fully saturated rings. The predicted octanol–water partition coefficient (Wildman–Crippen LogP) is 15.4. The highest BCUT2D eigenvalue weighted by Crippen LogP contribution is 2.43. The van der Waals surface area contributed by atoms with E-state index in [2.05, 4.69) is 198 Å². The molecule has 12 aromatic rings. The van der Waals surface area contributed by atoms with E-state index in [9.17, 15) is 0 Å². The van der Waals surface area contributed by atoms with Gasteiger partial charge in [-0.3, -0.25) is 0 Å². The fourth-order valence-corrected chi connectivity index (χ4v) is 9.00. The van der Waals surface area contributed by atoms with Crippen LogP contribution in [0.15, 0.2) is 215 Å². The summed E-state index contributed by atoms with van der Waals surface area (Å²) >= 11 is 0.